The van der Waals surface area contributed by atoms with Crippen LogP contribution in [0, 0.1) is 12.8 Å². The van der Waals surface area contributed by atoms with Gasteiger partial charge in [0.15, 0.2) is 0 Å². The van der Waals surface area contributed by atoms with Crippen LogP contribution < -0.4 is 5.32 Å². The van der Waals surface area contributed by atoms with E-state index in [0.717, 1.165) is 33.7 Å². The molecule has 1 atom stereocenters. The van der Waals surface area contributed by atoms with Crippen LogP contribution in [0.2, 0.25) is 0 Å². The van der Waals surface area contributed by atoms with Crippen LogP contribution in [0.5, 0.6) is 0 Å². The fourth-order valence-electron chi connectivity index (χ4n) is 2.72. The first kappa shape index (κ1) is 12.2. The van der Waals surface area contributed by atoms with E-state index in [2.05, 4.69) is 45.3 Å². The van der Waals surface area contributed by atoms with Crippen molar-refractivity contribution in [2.75, 3.05) is 13.1 Å². The second kappa shape index (κ2) is 5.02. The van der Waals surface area contributed by atoms with E-state index in [-0.39, 0.29) is 0 Å². The van der Waals surface area contributed by atoms with Gasteiger partial charge in [0.1, 0.15) is 5.82 Å². The van der Waals surface area contributed by atoms with E-state index in [4.69, 9.17) is 4.98 Å². The van der Waals surface area contributed by atoms with Crippen molar-refractivity contribution in [2.45, 2.75) is 26.2 Å². The molecule has 2 N–H and O–H groups in total. The van der Waals surface area contributed by atoms with E-state index in [1.165, 1.54) is 31.5 Å². The molecule has 1 unspecified atom stereocenters. The lowest BCUT2D eigenvalue weighted by atomic mass is 10.0. The quantitative estimate of drug-likeness (QED) is 0.914. The molecule has 96 valence electrons. The third-order valence-electron chi connectivity index (χ3n) is 3.74. The Labute approximate surface area is 116 Å². The molecule has 1 aliphatic heterocycles. The van der Waals surface area contributed by atoms with Gasteiger partial charge in [-0.1, -0.05) is 15.9 Å². The highest BCUT2D eigenvalue weighted by molar-refractivity contribution is 9.10. The van der Waals surface area contributed by atoms with E-state index in [1.54, 1.807) is 0 Å². The van der Waals surface area contributed by atoms with Crippen molar-refractivity contribution < 1.29 is 0 Å². The van der Waals surface area contributed by atoms with Gasteiger partial charge in [0, 0.05) is 10.9 Å². The molecule has 2 aromatic rings. The number of aryl methyl sites for hydroxylation is 2. The minimum absolute atomic E-state index is 0.825. The topological polar surface area (TPSA) is 40.7 Å². The third kappa shape index (κ3) is 2.45. The Bertz CT molecular complexity index is 555. The number of imidazole rings is 1. The van der Waals surface area contributed by atoms with Crippen molar-refractivity contribution in [3.8, 4) is 0 Å². The molecule has 0 aliphatic carbocycles. The van der Waals surface area contributed by atoms with Crippen molar-refractivity contribution in [3.63, 3.8) is 0 Å². The number of nitrogens with one attached hydrogen (secondary N) is 2. The molecule has 0 saturated carbocycles. The number of nitrogens with zero attached hydrogens (tertiary/aromatic N) is 1. The van der Waals surface area contributed by atoms with Gasteiger partial charge in [-0.2, -0.15) is 0 Å². The van der Waals surface area contributed by atoms with Crippen LogP contribution in [0.25, 0.3) is 11.0 Å². The van der Waals surface area contributed by atoms with Crippen molar-refractivity contribution in [1.82, 2.24) is 15.3 Å². The van der Waals surface area contributed by atoms with E-state index < -0.39 is 0 Å². The summed E-state index contributed by atoms with van der Waals surface area (Å²) in [5.74, 6) is 1.95. The van der Waals surface area contributed by atoms with Gasteiger partial charge in [0.25, 0.3) is 0 Å². The molecule has 18 heavy (non-hydrogen) atoms. The molecule has 1 aromatic carbocycles. The minimum Gasteiger partial charge on any atom is -0.342 e. The second-order valence-electron chi connectivity index (χ2n) is 5.20. The van der Waals surface area contributed by atoms with Crippen LogP contribution in [0.4, 0.5) is 0 Å². The summed E-state index contributed by atoms with van der Waals surface area (Å²) in [5, 5.41) is 3.41. The first-order chi connectivity index (χ1) is 8.72. The fraction of sp³-hybridized carbons (Fsp3) is 0.500. The number of H-pyrrole nitrogens is 1. The molecule has 1 aliphatic rings. The first-order valence-corrected chi connectivity index (χ1v) is 7.37. The van der Waals surface area contributed by atoms with E-state index in [0.29, 0.717) is 0 Å². The van der Waals surface area contributed by atoms with Gasteiger partial charge in [-0.05, 0) is 56.5 Å². The second-order valence-corrected chi connectivity index (χ2v) is 6.12. The lowest BCUT2D eigenvalue weighted by molar-refractivity contribution is 0.526. The number of rotatable bonds is 3. The standard InChI is InChI=1S/C14H18BrN3/c1-9-6-11(15)7-12-14(9)18-13(17-12)3-2-10-4-5-16-8-10/h6-7,10,16H,2-5,8H2,1H3,(H,17,18). The minimum atomic E-state index is 0.825. The highest BCUT2D eigenvalue weighted by atomic mass is 79.9. The zero-order valence-electron chi connectivity index (χ0n) is 10.6. The van der Waals surface area contributed by atoms with Gasteiger partial charge in [0.05, 0.1) is 11.0 Å². The third-order valence-corrected chi connectivity index (χ3v) is 4.20. The molecule has 0 amide bonds. The monoisotopic (exact) mass is 307 g/mol. The maximum absolute atomic E-state index is 4.72. The molecule has 0 bridgehead atoms. The lowest BCUT2D eigenvalue weighted by Crippen LogP contribution is -2.09. The van der Waals surface area contributed by atoms with Crippen LogP contribution in [0.15, 0.2) is 16.6 Å². The Morgan fingerprint density at radius 2 is 2.33 bits per heavy atom. The van der Waals surface area contributed by atoms with Crippen LogP contribution in [-0.4, -0.2) is 23.1 Å². The van der Waals surface area contributed by atoms with Crippen LogP contribution >= 0.6 is 15.9 Å². The Hall–Kier alpha value is -0.870. The molecule has 2 heterocycles. The number of halogens is 1. The Kier molecular flexibility index (Phi) is 3.39. The van der Waals surface area contributed by atoms with E-state index in [9.17, 15) is 0 Å². The van der Waals surface area contributed by atoms with E-state index in [1.807, 2.05) is 0 Å². The normalized spacial score (nSPS) is 19.8. The maximum atomic E-state index is 4.72. The van der Waals surface area contributed by atoms with Crippen LogP contribution in [-0.2, 0) is 6.42 Å². The van der Waals surface area contributed by atoms with Crippen molar-refractivity contribution in [3.05, 3.63) is 28.0 Å². The van der Waals surface area contributed by atoms with Gasteiger partial charge in [-0.15, -0.1) is 0 Å². The molecule has 1 fully saturated rings. The lowest BCUT2D eigenvalue weighted by Gasteiger charge is -2.05. The zero-order chi connectivity index (χ0) is 12.5. The van der Waals surface area contributed by atoms with Crippen molar-refractivity contribution in [1.29, 1.82) is 0 Å². The van der Waals surface area contributed by atoms with Gasteiger partial charge >= 0.3 is 0 Å². The molecule has 4 heteroatoms. The van der Waals surface area contributed by atoms with Crippen molar-refractivity contribution in [2.24, 2.45) is 5.92 Å². The number of aromatic nitrogens is 2. The zero-order valence-corrected chi connectivity index (χ0v) is 12.2. The summed E-state index contributed by atoms with van der Waals surface area (Å²) in [4.78, 5) is 8.16. The van der Waals surface area contributed by atoms with Crippen LogP contribution in [0.1, 0.15) is 24.2 Å². The predicted octanol–water partition coefficient (Wildman–Crippen LogP) is 3.18. The smallest absolute Gasteiger partial charge is 0.107 e. The summed E-state index contributed by atoms with van der Waals surface area (Å²) in [5.41, 5.74) is 3.48. The van der Waals surface area contributed by atoms with Crippen molar-refractivity contribution >= 4 is 27.0 Å². The summed E-state index contributed by atoms with van der Waals surface area (Å²) in [6.07, 6.45) is 3.59. The van der Waals surface area contributed by atoms with E-state index >= 15 is 0 Å². The van der Waals surface area contributed by atoms with Gasteiger partial charge < -0.3 is 10.3 Å². The molecule has 1 saturated heterocycles. The Morgan fingerprint density at radius 3 is 3.11 bits per heavy atom. The number of hydrogen-bond donors (Lipinski definition) is 2. The Balaban J connectivity index is 1.78. The molecule has 3 rings (SSSR count). The number of fused-ring (bicyclic) bond motifs is 1. The van der Waals surface area contributed by atoms with Gasteiger partial charge in [-0.25, -0.2) is 4.98 Å². The molecular formula is C14H18BrN3. The maximum Gasteiger partial charge on any atom is 0.107 e. The average molecular weight is 308 g/mol. The van der Waals surface area contributed by atoms with Gasteiger partial charge in [-0.3, -0.25) is 0 Å². The largest absolute Gasteiger partial charge is 0.342 e. The SMILES string of the molecule is Cc1cc(Br)cc2[nH]c(CCC3CCNC3)nc12. The van der Waals surface area contributed by atoms with Crippen LogP contribution in [0.3, 0.4) is 0 Å². The summed E-state index contributed by atoms with van der Waals surface area (Å²) < 4.78 is 1.11. The molecule has 1 aromatic heterocycles. The first-order valence-electron chi connectivity index (χ1n) is 6.58. The summed E-state index contributed by atoms with van der Waals surface area (Å²) in [6, 6.07) is 4.23. The molecular weight excluding hydrogens is 290 g/mol. The highest BCUT2D eigenvalue weighted by Crippen LogP contribution is 2.23. The number of benzene rings is 1. The summed E-state index contributed by atoms with van der Waals surface area (Å²) in [6.45, 7) is 4.46. The predicted molar refractivity (Wildman–Crippen MR) is 77.8 cm³/mol. The fourth-order valence-corrected chi connectivity index (χ4v) is 3.29. The highest BCUT2D eigenvalue weighted by Gasteiger charge is 2.15. The number of hydrogen-bond acceptors (Lipinski definition) is 2. The number of aromatic amines is 1. The Morgan fingerprint density at radius 1 is 1.44 bits per heavy atom. The molecule has 0 radical (unpaired) electrons. The molecule has 3 nitrogen and oxygen atoms in total. The van der Waals surface area contributed by atoms with Gasteiger partial charge in [0.2, 0.25) is 0 Å². The average Bonchev–Trinajstić information content (AvgIpc) is 2.93. The summed E-state index contributed by atoms with van der Waals surface area (Å²) >= 11 is 3.53. The summed E-state index contributed by atoms with van der Waals surface area (Å²) in [7, 11) is 0. The molecule has 0 spiro atoms.